The summed E-state index contributed by atoms with van der Waals surface area (Å²) in [5.41, 5.74) is 2.90. The molecule has 0 spiro atoms. The minimum atomic E-state index is 0.320. The molecule has 0 amide bonds. The molecular formula is C11H15N5. The SMILES string of the molecule is Cc1[nH]ncc1-c1ccnc(NC(C)C)n1. The van der Waals surface area contributed by atoms with E-state index in [0.29, 0.717) is 12.0 Å². The van der Waals surface area contributed by atoms with Crippen molar-refractivity contribution in [3.63, 3.8) is 0 Å². The molecule has 2 aromatic heterocycles. The number of nitrogens with one attached hydrogen (secondary N) is 2. The van der Waals surface area contributed by atoms with Crippen LogP contribution in [-0.4, -0.2) is 26.2 Å². The fourth-order valence-corrected chi connectivity index (χ4v) is 1.45. The molecule has 16 heavy (non-hydrogen) atoms. The highest BCUT2D eigenvalue weighted by Gasteiger charge is 2.06. The Balaban J connectivity index is 2.33. The van der Waals surface area contributed by atoms with Gasteiger partial charge in [-0.2, -0.15) is 5.10 Å². The Morgan fingerprint density at radius 1 is 1.38 bits per heavy atom. The summed E-state index contributed by atoms with van der Waals surface area (Å²) in [6, 6.07) is 2.20. The van der Waals surface area contributed by atoms with Gasteiger partial charge in [-0.25, -0.2) is 9.97 Å². The molecular weight excluding hydrogens is 202 g/mol. The molecule has 2 aromatic rings. The Bertz CT molecular complexity index is 475. The van der Waals surface area contributed by atoms with E-state index in [0.717, 1.165) is 17.0 Å². The van der Waals surface area contributed by atoms with Gasteiger partial charge in [0.25, 0.3) is 0 Å². The maximum absolute atomic E-state index is 4.43. The number of aromatic amines is 1. The molecule has 0 unspecified atom stereocenters. The first-order valence-corrected chi connectivity index (χ1v) is 5.26. The minimum absolute atomic E-state index is 0.320. The van der Waals surface area contributed by atoms with Crippen molar-refractivity contribution in [3.8, 4) is 11.3 Å². The fraction of sp³-hybridized carbons (Fsp3) is 0.364. The van der Waals surface area contributed by atoms with E-state index >= 15 is 0 Å². The zero-order chi connectivity index (χ0) is 11.5. The molecule has 84 valence electrons. The second-order valence-corrected chi connectivity index (χ2v) is 3.97. The van der Waals surface area contributed by atoms with Crippen LogP contribution in [-0.2, 0) is 0 Å². The van der Waals surface area contributed by atoms with Crippen LogP contribution < -0.4 is 5.32 Å². The second-order valence-electron chi connectivity index (χ2n) is 3.97. The van der Waals surface area contributed by atoms with E-state index in [1.165, 1.54) is 0 Å². The van der Waals surface area contributed by atoms with E-state index in [1.54, 1.807) is 12.4 Å². The Kier molecular flexibility index (Phi) is 2.85. The molecule has 0 saturated carbocycles. The van der Waals surface area contributed by atoms with Gasteiger partial charge in [0.2, 0.25) is 5.95 Å². The van der Waals surface area contributed by atoms with Crippen molar-refractivity contribution >= 4 is 5.95 Å². The Hall–Kier alpha value is -1.91. The lowest BCUT2D eigenvalue weighted by molar-refractivity contribution is 0.875. The van der Waals surface area contributed by atoms with Gasteiger partial charge >= 0.3 is 0 Å². The van der Waals surface area contributed by atoms with E-state index < -0.39 is 0 Å². The third-order valence-corrected chi connectivity index (χ3v) is 2.18. The quantitative estimate of drug-likeness (QED) is 0.825. The summed E-state index contributed by atoms with van der Waals surface area (Å²) in [6.07, 6.45) is 3.52. The molecule has 5 nitrogen and oxygen atoms in total. The van der Waals surface area contributed by atoms with Crippen LogP contribution in [0.4, 0.5) is 5.95 Å². The third-order valence-electron chi connectivity index (χ3n) is 2.18. The topological polar surface area (TPSA) is 66.5 Å². The maximum atomic E-state index is 4.43. The highest BCUT2D eigenvalue weighted by atomic mass is 15.1. The van der Waals surface area contributed by atoms with Gasteiger partial charge < -0.3 is 5.32 Å². The summed E-state index contributed by atoms with van der Waals surface area (Å²) < 4.78 is 0. The van der Waals surface area contributed by atoms with Gasteiger partial charge in [0.1, 0.15) is 0 Å². The smallest absolute Gasteiger partial charge is 0.223 e. The van der Waals surface area contributed by atoms with E-state index in [-0.39, 0.29) is 0 Å². The predicted molar refractivity (Wildman–Crippen MR) is 63.1 cm³/mol. The van der Waals surface area contributed by atoms with Gasteiger partial charge in [-0.05, 0) is 26.8 Å². The zero-order valence-electron chi connectivity index (χ0n) is 9.65. The second kappa shape index (κ2) is 4.30. The van der Waals surface area contributed by atoms with Crippen LogP contribution in [0.25, 0.3) is 11.3 Å². The highest BCUT2D eigenvalue weighted by Crippen LogP contribution is 2.19. The molecule has 0 radical (unpaired) electrons. The van der Waals surface area contributed by atoms with Crippen LogP contribution in [0.2, 0.25) is 0 Å². The molecule has 2 heterocycles. The van der Waals surface area contributed by atoms with Crippen molar-refractivity contribution in [3.05, 3.63) is 24.2 Å². The lowest BCUT2D eigenvalue weighted by Crippen LogP contribution is -2.12. The summed E-state index contributed by atoms with van der Waals surface area (Å²) >= 11 is 0. The molecule has 0 bridgehead atoms. The maximum Gasteiger partial charge on any atom is 0.223 e. The summed E-state index contributed by atoms with van der Waals surface area (Å²) in [7, 11) is 0. The van der Waals surface area contributed by atoms with E-state index in [2.05, 4.69) is 39.3 Å². The van der Waals surface area contributed by atoms with E-state index in [9.17, 15) is 0 Å². The van der Waals surface area contributed by atoms with Crippen LogP contribution >= 0.6 is 0 Å². The number of aromatic nitrogens is 4. The Labute approximate surface area is 94.3 Å². The number of aryl methyl sites for hydroxylation is 1. The number of hydrogen-bond acceptors (Lipinski definition) is 4. The van der Waals surface area contributed by atoms with Gasteiger partial charge in [0, 0.05) is 23.5 Å². The zero-order valence-corrected chi connectivity index (χ0v) is 9.65. The molecule has 0 aliphatic rings. The largest absolute Gasteiger partial charge is 0.352 e. The monoisotopic (exact) mass is 217 g/mol. The Morgan fingerprint density at radius 2 is 2.19 bits per heavy atom. The number of hydrogen-bond donors (Lipinski definition) is 2. The molecule has 5 heteroatoms. The highest BCUT2D eigenvalue weighted by molar-refractivity contribution is 5.61. The minimum Gasteiger partial charge on any atom is -0.352 e. The third kappa shape index (κ3) is 2.18. The van der Waals surface area contributed by atoms with Crippen LogP contribution in [0.3, 0.4) is 0 Å². The fourth-order valence-electron chi connectivity index (χ4n) is 1.45. The summed E-state index contributed by atoms with van der Waals surface area (Å²) in [5, 5.41) is 10.1. The molecule has 2 N–H and O–H groups in total. The average Bonchev–Trinajstić information content (AvgIpc) is 2.64. The summed E-state index contributed by atoms with van der Waals surface area (Å²) in [5.74, 6) is 0.646. The van der Waals surface area contributed by atoms with Crippen molar-refractivity contribution in [2.75, 3.05) is 5.32 Å². The standard InChI is InChI=1S/C11H15N5/c1-7(2)14-11-12-5-4-10(15-11)9-6-13-16-8(9)3/h4-7H,1-3H3,(H,13,16)(H,12,14,15). The van der Waals surface area contributed by atoms with Crippen LogP contribution in [0.15, 0.2) is 18.5 Å². The number of rotatable bonds is 3. The lowest BCUT2D eigenvalue weighted by atomic mass is 10.2. The van der Waals surface area contributed by atoms with E-state index in [1.807, 2.05) is 13.0 Å². The normalized spacial score (nSPS) is 10.8. The van der Waals surface area contributed by atoms with Crippen LogP contribution in [0.1, 0.15) is 19.5 Å². The van der Waals surface area contributed by atoms with Gasteiger partial charge in [-0.3, -0.25) is 5.10 Å². The number of nitrogens with zero attached hydrogens (tertiary/aromatic N) is 3. The van der Waals surface area contributed by atoms with Crippen LogP contribution in [0.5, 0.6) is 0 Å². The lowest BCUT2D eigenvalue weighted by Gasteiger charge is -2.08. The summed E-state index contributed by atoms with van der Waals surface area (Å²) in [6.45, 7) is 6.08. The van der Waals surface area contributed by atoms with Gasteiger partial charge in [0.15, 0.2) is 0 Å². The first-order chi connectivity index (χ1) is 7.66. The van der Waals surface area contributed by atoms with Gasteiger partial charge in [-0.15, -0.1) is 0 Å². The molecule has 0 atom stereocenters. The first-order valence-electron chi connectivity index (χ1n) is 5.26. The number of anilines is 1. The van der Waals surface area contributed by atoms with E-state index in [4.69, 9.17) is 0 Å². The van der Waals surface area contributed by atoms with Crippen molar-refractivity contribution < 1.29 is 0 Å². The molecule has 0 aromatic carbocycles. The van der Waals surface area contributed by atoms with Crippen molar-refractivity contribution in [2.24, 2.45) is 0 Å². The van der Waals surface area contributed by atoms with Gasteiger partial charge in [-0.1, -0.05) is 0 Å². The summed E-state index contributed by atoms with van der Waals surface area (Å²) in [4.78, 5) is 8.60. The van der Waals surface area contributed by atoms with Gasteiger partial charge in [0.05, 0.1) is 11.9 Å². The van der Waals surface area contributed by atoms with Crippen molar-refractivity contribution in [1.29, 1.82) is 0 Å². The first kappa shape index (κ1) is 10.6. The average molecular weight is 217 g/mol. The predicted octanol–water partition coefficient (Wildman–Crippen LogP) is 2.00. The van der Waals surface area contributed by atoms with Crippen molar-refractivity contribution in [1.82, 2.24) is 20.2 Å². The number of H-pyrrole nitrogens is 1. The molecule has 2 rings (SSSR count). The molecule has 0 saturated heterocycles. The molecule has 0 aliphatic heterocycles. The van der Waals surface area contributed by atoms with Crippen molar-refractivity contribution in [2.45, 2.75) is 26.8 Å². The molecule has 0 fully saturated rings. The van der Waals surface area contributed by atoms with Crippen LogP contribution in [0, 0.1) is 6.92 Å². The molecule has 0 aliphatic carbocycles. The Morgan fingerprint density at radius 3 is 2.81 bits per heavy atom.